The molecule has 5 rings (SSSR count). The third-order valence-corrected chi connectivity index (χ3v) is 6.17. The van der Waals surface area contributed by atoms with E-state index < -0.39 is 65.5 Å². The standard InChI is InChI=1S/C24H28N2O9/c1-23(2)30-12-14-16(33-23)17-18(35-24(3,4)34-17)19(32-21(28)13-8-6-5-7-9-13)20(31-14)26-11-10-15(27)25-22(26)29/h5-11,14,16-20H,12H2,1-4H3,(H,25,27,29)/t14?,16-,17?,18?,19?,20-/m1/s1. The number of benzene rings is 1. The largest absolute Gasteiger partial charge is 0.451 e. The summed E-state index contributed by atoms with van der Waals surface area (Å²) < 4.78 is 37.9. The normalized spacial score (nSPS) is 33.3. The average molecular weight is 488 g/mol. The number of carbonyl (C=O) groups excluding carboxylic acids is 1. The van der Waals surface area contributed by atoms with Gasteiger partial charge in [-0.3, -0.25) is 14.3 Å². The third-order valence-electron chi connectivity index (χ3n) is 6.17. The molecular formula is C24H28N2O9. The number of aromatic amines is 1. The molecule has 188 valence electrons. The van der Waals surface area contributed by atoms with Gasteiger partial charge in [0.05, 0.1) is 12.2 Å². The van der Waals surface area contributed by atoms with Gasteiger partial charge >= 0.3 is 11.7 Å². The molecule has 4 heterocycles. The highest BCUT2D eigenvalue weighted by Crippen LogP contribution is 2.43. The minimum atomic E-state index is -1.17. The zero-order valence-corrected chi connectivity index (χ0v) is 19.8. The van der Waals surface area contributed by atoms with Crippen molar-refractivity contribution in [2.45, 2.75) is 76.0 Å². The summed E-state index contributed by atoms with van der Waals surface area (Å²) in [4.78, 5) is 39.9. The van der Waals surface area contributed by atoms with E-state index in [2.05, 4.69) is 4.98 Å². The first kappa shape index (κ1) is 23.9. The Morgan fingerprint density at radius 2 is 1.66 bits per heavy atom. The minimum absolute atomic E-state index is 0.138. The summed E-state index contributed by atoms with van der Waals surface area (Å²) >= 11 is 0. The van der Waals surface area contributed by atoms with Gasteiger partial charge in [-0.2, -0.15) is 0 Å². The van der Waals surface area contributed by atoms with E-state index in [1.54, 1.807) is 58.0 Å². The van der Waals surface area contributed by atoms with Crippen LogP contribution in [0.1, 0.15) is 44.3 Å². The first-order valence-corrected chi connectivity index (χ1v) is 11.4. The van der Waals surface area contributed by atoms with Gasteiger partial charge in [-0.1, -0.05) is 18.2 Å². The van der Waals surface area contributed by atoms with Crippen molar-refractivity contribution in [1.29, 1.82) is 0 Å². The van der Waals surface area contributed by atoms with E-state index in [1.165, 1.54) is 12.3 Å². The summed E-state index contributed by atoms with van der Waals surface area (Å²) in [5, 5.41) is 0. The Morgan fingerprint density at radius 3 is 2.37 bits per heavy atom. The highest BCUT2D eigenvalue weighted by Gasteiger charge is 2.60. The number of ether oxygens (including phenoxy) is 6. The van der Waals surface area contributed by atoms with Crippen molar-refractivity contribution >= 4 is 5.97 Å². The molecule has 0 saturated carbocycles. The van der Waals surface area contributed by atoms with Gasteiger partial charge in [0.25, 0.3) is 5.56 Å². The summed E-state index contributed by atoms with van der Waals surface area (Å²) in [6.07, 6.45) is -3.89. The van der Waals surface area contributed by atoms with Gasteiger partial charge in [-0.05, 0) is 39.8 Å². The van der Waals surface area contributed by atoms with Crippen molar-refractivity contribution in [3.05, 3.63) is 69.0 Å². The second kappa shape index (κ2) is 8.68. The van der Waals surface area contributed by atoms with Crippen LogP contribution in [0.4, 0.5) is 0 Å². The van der Waals surface area contributed by atoms with Crippen LogP contribution in [0.15, 0.2) is 52.2 Å². The molecule has 0 spiro atoms. The van der Waals surface area contributed by atoms with Crippen LogP contribution >= 0.6 is 0 Å². The van der Waals surface area contributed by atoms with Gasteiger partial charge in [-0.15, -0.1) is 0 Å². The second-order valence-electron chi connectivity index (χ2n) is 9.68. The van der Waals surface area contributed by atoms with Crippen LogP contribution in [0, 0.1) is 0 Å². The van der Waals surface area contributed by atoms with Gasteiger partial charge in [-0.25, -0.2) is 9.59 Å². The highest BCUT2D eigenvalue weighted by molar-refractivity contribution is 5.89. The zero-order valence-electron chi connectivity index (χ0n) is 19.8. The van der Waals surface area contributed by atoms with Crippen molar-refractivity contribution in [1.82, 2.24) is 9.55 Å². The quantitative estimate of drug-likeness (QED) is 0.637. The number of nitrogens with zero attached hydrogens (tertiary/aromatic N) is 1. The number of esters is 1. The second-order valence-corrected chi connectivity index (χ2v) is 9.68. The molecule has 3 saturated heterocycles. The summed E-state index contributed by atoms with van der Waals surface area (Å²) in [6, 6.07) is 9.64. The van der Waals surface area contributed by atoms with Gasteiger partial charge < -0.3 is 28.4 Å². The van der Waals surface area contributed by atoms with Crippen molar-refractivity contribution < 1.29 is 33.2 Å². The molecule has 11 heteroatoms. The Morgan fingerprint density at radius 1 is 0.971 bits per heavy atom. The Bertz CT molecular complexity index is 1210. The van der Waals surface area contributed by atoms with Crippen LogP contribution in [0.2, 0.25) is 0 Å². The fourth-order valence-electron chi connectivity index (χ4n) is 4.70. The monoisotopic (exact) mass is 488 g/mol. The van der Waals surface area contributed by atoms with Crippen molar-refractivity contribution in [2.75, 3.05) is 6.61 Å². The number of H-pyrrole nitrogens is 1. The highest BCUT2D eigenvalue weighted by atomic mass is 16.8. The topological polar surface area (TPSA) is 127 Å². The van der Waals surface area contributed by atoms with Gasteiger partial charge in [0.2, 0.25) is 0 Å². The van der Waals surface area contributed by atoms with E-state index in [4.69, 9.17) is 28.4 Å². The molecule has 1 N–H and O–H groups in total. The van der Waals surface area contributed by atoms with Crippen LogP contribution in [-0.2, 0) is 28.4 Å². The average Bonchev–Trinajstić information content (AvgIpc) is 3.07. The SMILES string of the molecule is CC1(C)OC2C(O1)[C@@H]1OC(C)(C)OCC1O[C@@H](n1ccc(=O)[nH]c1=O)C2OC(=O)c1ccccc1. The molecule has 0 amide bonds. The molecule has 2 aromatic rings. The van der Waals surface area contributed by atoms with Crippen molar-refractivity contribution in [3.8, 4) is 0 Å². The number of hydrogen-bond donors (Lipinski definition) is 1. The lowest BCUT2D eigenvalue weighted by Gasteiger charge is -2.42. The number of aromatic nitrogens is 2. The van der Waals surface area contributed by atoms with Crippen LogP contribution < -0.4 is 11.2 Å². The van der Waals surface area contributed by atoms with E-state index in [0.29, 0.717) is 5.56 Å². The zero-order chi connectivity index (χ0) is 25.0. The van der Waals surface area contributed by atoms with Gasteiger partial charge in [0.15, 0.2) is 23.9 Å². The molecule has 6 atom stereocenters. The van der Waals surface area contributed by atoms with Crippen molar-refractivity contribution in [3.63, 3.8) is 0 Å². The molecular weight excluding hydrogens is 460 g/mol. The summed E-state index contributed by atoms with van der Waals surface area (Å²) in [5.41, 5.74) is -0.979. The molecule has 4 unspecified atom stereocenters. The molecule has 35 heavy (non-hydrogen) atoms. The fourth-order valence-corrected chi connectivity index (χ4v) is 4.70. The van der Waals surface area contributed by atoms with Gasteiger partial charge in [0, 0.05) is 12.3 Å². The van der Waals surface area contributed by atoms with E-state index in [1.807, 2.05) is 0 Å². The lowest BCUT2D eigenvalue weighted by molar-refractivity contribution is -0.332. The summed E-state index contributed by atoms with van der Waals surface area (Å²) in [5.74, 6) is -2.58. The lowest BCUT2D eigenvalue weighted by Crippen LogP contribution is -2.55. The number of carbonyl (C=O) groups is 1. The molecule has 0 aliphatic carbocycles. The first-order valence-electron chi connectivity index (χ1n) is 11.4. The van der Waals surface area contributed by atoms with Crippen LogP contribution in [0.5, 0.6) is 0 Å². The third kappa shape index (κ3) is 4.69. The first-order chi connectivity index (χ1) is 16.5. The number of fused-ring (bicyclic) bond motifs is 3. The Kier molecular flexibility index (Phi) is 5.93. The fraction of sp³-hybridized carbons (Fsp3) is 0.542. The molecule has 3 aliphatic heterocycles. The Labute approximate surface area is 200 Å². The smallest absolute Gasteiger partial charge is 0.338 e. The number of rotatable bonds is 3. The molecule has 3 fully saturated rings. The maximum Gasteiger partial charge on any atom is 0.338 e. The maximum absolute atomic E-state index is 13.1. The Balaban J connectivity index is 1.61. The van der Waals surface area contributed by atoms with E-state index in [0.717, 1.165) is 4.57 Å². The number of hydrogen-bond acceptors (Lipinski definition) is 9. The van der Waals surface area contributed by atoms with E-state index in [-0.39, 0.29) is 6.61 Å². The molecule has 11 nitrogen and oxygen atoms in total. The van der Waals surface area contributed by atoms with Crippen molar-refractivity contribution in [2.24, 2.45) is 0 Å². The van der Waals surface area contributed by atoms with Crippen LogP contribution in [0.25, 0.3) is 0 Å². The summed E-state index contributed by atoms with van der Waals surface area (Å²) in [6.45, 7) is 7.19. The Hall–Kier alpha value is -2.83. The predicted octanol–water partition coefficient (Wildman–Crippen LogP) is 1.33. The van der Waals surface area contributed by atoms with Gasteiger partial charge in [0.1, 0.15) is 24.4 Å². The molecule has 3 aliphatic rings. The summed E-state index contributed by atoms with van der Waals surface area (Å²) in [7, 11) is 0. The number of nitrogens with one attached hydrogen (secondary N) is 1. The molecule has 0 radical (unpaired) electrons. The molecule has 1 aromatic heterocycles. The predicted molar refractivity (Wildman–Crippen MR) is 120 cm³/mol. The minimum Gasteiger partial charge on any atom is -0.451 e. The molecule has 1 aromatic carbocycles. The lowest BCUT2D eigenvalue weighted by atomic mass is 9.99. The maximum atomic E-state index is 13.1. The van der Waals surface area contributed by atoms with E-state index in [9.17, 15) is 14.4 Å². The van der Waals surface area contributed by atoms with E-state index >= 15 is 0 Å². The van der Waals surface area contributed by atoms with Crippen LogP contribution in [-0.4, -0.2) is 64.2 Å². The van der Waals surface area contributed by atoms with Crippen LogP contribution in [0.3, 0.4) is 0 Å². The molecule has 0 bridgehead atoms.